The second kappa shape index (κ2) is 6.57. The first-order chi connectivity index (χ1) is 9.19. The first-order valence-electron chi connectivity index (χ1n) is 6.92. The number of likely N-dealkylation sites (N-methyl/N-ethyl adjacent to an activating group) is 1. The molecule has 0 aliphatic heterocycles. The summed E-state index contributed by atoms with van der Waals surface area (Å²) in [5.74, 6) is 1.05. The van der Waals surface area contributed by atoms with Crippen LogP contribution in [0, 0.1) is 0 Å². The van der Waals surface area contributed by atoms with Crippen molar-refractivity contribution in [1.82, 2.24) is 15.1 Å². The third-order valence-corrected chi connectivity index (χ3v) is 3.38. The average molecular weight is 261 g/mol. The molecule has 0 spiro atoms. The first kappa shape index (κ1) is 13.9. The summed E-state index contributed by atoms with van der Waals surface area (Å²) >= 11 is 0. The Bertz CT molecular complexity index is 473. The third-order valence-electron chi connectivity index (χ3n) is 3.38. The fourth-order valence-corrected chi connectivity index (χ4v) is 2.15. The summed E-state index contributed by atoms with van der Waals surface area (Å²) < 4.78 is 7.38. The van der Waals surface area contributed by atoms with Crippen molar-refractivity contribution in [3.05, 3.63) is 42.1 Å². The average Bonchev–Trinajstić information content (AvgIpc) is 3.05. The van der Waals surface area contributed by atoms with Crippen molar-refractivity contribution in [2.75, 3.05) is 7.05 Å². The quantitative estimate of drug-likeness (QED) is 0.833. The molecule has 1 unspecified atom stereocenters. The molecule has 0 aliphatic carbocycles. The van der Waals surface area contributed by atoms with E-state index in [0.29, 0.717) is 12.1 Å². The van der Waals surface area contributed by atoms with Crippen LogP contribution in [0.3, 0.4) is 0 Å². The van der Waals surface area contributed by atoms with E-state index in [0.717, 1.165) is 30.7 Å². The highest BCUT2D eigenvalue weighted by Crippen LogP contribution is 2.11. The Morgan fingerprint density at radius 2 is 2.21 bits per heavy atom. The number of hydrogen-bond acceptors (Lipinski definition) is 3. The Kier molecular flexibility index (Phi) is 4.80. The van der Waals surface area contributed by atoms with Crippen LogP contribution in [0.1, 0.15) is 37.8 Å². The minimum absolute atomic E-state index is 0.421. The van der Waals surface area contributed by atoms with Crippen LogP contribution in [0.5, 0.6) is 0 Å². The van der Waals surface area contributed by atoms with Gasteiger partial charge < -0.3 is 9.73 Å². The lowest BCUT2D eigenvalue weighted by molar-refractivity contribution is 0.454. The summed E-state index contributed by atoms with van der Waals surface area (Å²) in [5.41, 5.74) is 1.15. The van der Waals surface area contributed by atoms with Crippen molar-refractivity contribution in [3.63, 3.8) is 0 Å². The maximum absolute atomic E-state index is 5.37. The molecule has 2 aromatic rings. The largest absolute Gasteiger partial charge is 0.469 e. The number of nitrogens with zero attached hydrogens (tertiary/aromatic N) is 2. The van der Waals surface area contributed by atoms with Crippen molar-refractivity contribution < 1.29 is 4.42 Å². The molecule has 19 heavy (non-hydrogen) atoms. The van der Waals surface area contributed by atoms with Crippen molar-refractivity contribution in [2.45, 2.75) is 45.2 Å². The lowest BCUT2D eigenvalue weighted by Gasteiger charge is -2.14. The van der Waals surface area contributed by atoms with Crippen molar-refractivity contribution in [1.29, 1.82) is 0 Å². The van der Waals surface area contributed by atoms with Gasteiger partial charge >= 0.3 is 0 Å². The molecule has 0 saturated heterocycles. The number of aryl methyl sites for hydroxylation is 1. The molecule has 0 fully saturated rings. The molecule has 0 radical (unpaired) electrons. The standard InChI is InChI=1S/C15H23N3O/c1-12(2)18-9-8-14(17-18)11-13(16-3)6-7-15-5-4-10-19-15/h4-5,8-10,12-13,16H,6-7,11H2,1-3H3. The van der Waals surface area contributed by atoms with Gasteiger partial charge in [0.15, 0.2) is 0 Å². The molecule has 2 heterocycles. The van der Waals surface area contributed by atoms with Crippen LogP contribution >= 0.6 is 0 Å². The van der Waals surface area contributed by atoms with Gasteiger partial charge in [0.1, 0.15) is 5.76 Å². The molecular formula is C15H23N3O. The van der Waals surface area contributed by atoms with Crippen LogP contribution < -0.4 is 5.32 Å². The number of nitrogens with one attached hydrogen (secondary N) is 1. The van der Waals surface area contributed by atoms with Gasteiger partial charge in [-0.1, -0.05) is 0 Å². The Morgan fingerprint density at radius 3 is 2.79 bits per heavy atom. The minimum Gasteiger partial charge on any atom is -0.469 e. The highest BCUT2D eigenvalue weighted by molar-refractivity contribution is 5.03. The Hall–Kier alpha value is -1.55. The lowest BCUT2D eigenvalue weighted by atomic mass is 10.1. The maximum Gasteiger partial charge on any atom is 0.103 e. The van der Waals surface area contributed by atoms with Crippen LogP contribution in [-0.2, 0) is 12.8 Å². The smallest absolute Gasteiger partial charge is 0.103 e. The Morgan fingerprint density at radius 1 is 1.37 bits per heavy atom. The van der Waals surface area contributed by atoms with Crippen LogP contribution in [0.15, 0.2) is 35.1 Å². The van der Waals surface area contributed by atoms with Gasteiger partial charge in [-0.05, 0) is 45.5 Å². The van der Waals surface area contributed by atoms with E-state index in [-0.39, 0.29) is 0 Å². The predicted molar refractivity (Wildman–Crippen MR) is 76.2 cm³/mol. The molecule has 0 aromatic carbocycles. The second-order valence-corrected chi connectivity index (χ2v) is 5.19. The number of hydrogen-bond donors (Lipinski definition) is 1. The van der Waals surface area contributed by atoms with Crippen LogP contribution in [0.2, 0.25) is 0 Å². The van der Waals surface area contributed by atoms with Crippen molar-refractivity contribution in [3.8, 4) is 0 Å². The van der Waals surface area contributed by atoms with E-state index in [1.54, 1.807) is 6.26 Å². The fourth-order valence-electron chi connectivity index (χ4n) is 2.15. The summed E-state index contributed by atoms with van der Waals surface area (Å²) in [6.07, 6.45) is 6.76. The van der Waals surface area contributed by atoms with Crippen LogP contribution in [-0.4, -0.2) is 22.9 Å². The van der Waals surface area contributed by atoms with E-state index in [4.69, 9.17) is 4.42 Å². The molecule has 0 bridgehead atoms. The summed E-state index contributed by atoms with van der Waals surface area (Å²) in [6.45, 7) is 4.28. The third kappa shape index (κ3) is 3.96. The number of furan rings is 1. The highest BCUT2D eigenvalue weighted by Gasteiger charge is 2.11. The van der Waals surface area contributed by atoms with Gasteiger partial charge in [0.25, 0.3) is 0 Å². The van der Waals surface area contributed by atoms with Gasteiger partial charge in [0.2, 0.25) is 0 Å². The van der Waals surface area contributed by atoms with E-state index >= 15 is 0 Å². The van der Waals surface area contributed by atoms with Gasteiger partial charge in [-0.15, -0.1) is 0 Å². The predicted octanol–water partition coefficient (Wildman–Crippen LogP) is 2.82. The highest BCUT2D eigenvalue weighted by atomic mass is 16.3. The van der Waals surface area contributed by atoms with Crippen LogP contribution in [0.4, 0.5) is 0 Å². The number of rotatable bonds is 7. The molecule has 2 rings (SSSR count). The van der Waals surface area contributed by atoms with Crippen molar-refractivity contribution in [2.24, 2.45) is 0 Å². The molecule has 2 aromatic heterocycles. The van der Waals surface area contributed by atoms with E-state index in [9.17, 15) is 0 Å². The Labute approximate surface area is 114 Å². The van der Waals surface area contributed by atoms with Gasteiger partial charge in [-0.25, -0.2) is 0 Å². The van der Waals surface area contributed by atoms with Crippen molar-refractivity contribution >= 4 is 0 Å². The van der Waals surface area contributed by atoms with Gasteiger partial charge in [0.05, 0.1) is 12.0 Å². The summed E-state index contributed by atoms with van der Waals surface area (Å²) in [4.78, 5) is 0. The summed E-state index contributed by atoms with van der Waals surface area (Å²) in [7, 11) is 2.01. The molecule has 0 amide bonds. The Balaban J connectivity index is 1.87. The zero-order chi connectivity index (χ0) is 13.7. The molecular weight excluding hydrogens is 238 g/mol. The monoisotopic (exact) mass is 261 g/mol. The lowest BCUT2D eigenvalue weighted by Crippen LogP contribution is -2.28. The molecule has 1 N–H and O–H groups in total. The molecule has 1 atom stereocenters. The molecule has 4 nitrogen and oxygen atoms in total. The maximum atomic E-state index is 5.37. The zero-order valence-electron chi connectivity index (χ0n) is 12.0. The molecule has 0 saturated carbocycles. The van der Waals surface area contributed by atoms with E-state index in [2.05, 4.69) is 36.5 Å². The zero-order valence-corrected chi connectivity index (χ0v) is 12.0. The second-order valence-electron chi connectivity index (χ2n) is 5.19. The normalized spacial score (nSPS) is 13.1. The number of aromatic nitrogens is 2. The fraction of sp³-hybridized carbons (Fsp3) is 0.533. The molecule has 4 heteroatoms. The van der Waals surface area contributed by atoms with Gasteiger partial charge in [0, 0.05) is 31.1 Å². The topological polar surface area (TPSA) is 43.0 Å². The van der Waals surface area contributed by atoms with E-state index in [1.165, 1.54) is 0 Å². The van der Waals surface area contributed by atoms with E-state index < -0.39 is 0 Å². The SMILES string of the molecule is CNC(CCc1ccco1)Cc1ccn(C(C)C)n1. The molecule has 104 valence electrons. The molecule has 0 aliphatic rings. The summed E-state index contributed by atoms with van der Waals surface area (Å²) in [5, 5.41) is 7.96. The minimum atomic E-state index is 0.421. The first-order valence-corrected chi connectivity index (χ1v) is 6.92. The van der Waals surface area contributed by atoms with Gasteiger partial charge in [-0.3, -0.25) is 4.68 Å². The summed E-state index contributed by atoms with van der Waals surface area (Å²) in [6, 6.07) is 6.93. The van der Waals surface area contributed by atoms with Gasteiger partial charge in [-0.2, -0.15) is 5.10 Å². The van der Waals surface area contributed by atoms with E-state index in [1.807, 2.05) is 23.9 Å². The van der Waals surface area contributed by atoms with Crippen LogP contribution in [0.25, 0.3) is 0 Å².